The molecule has 0 aliphatic carbocycles. The average Bonchev–Trinajstić information content (AvgIpc) is 2.40. The third-order valence-corrected chi connectivity index (χ3v) is 2.25. The number of carbonyl (C=O) groups is 1. The van der Waals surface area contributed by atoms with E-state index in [0.29, 0.717) is 17.1 Å². The van der Waals surface area contributed by atoms with Crippen molar-refractivity contribution in [2.75, 3.05) is 12.4 Å². The summed E-state index contributed by atoms with van der Waals surface area (Å²) in [7, 11) is 1.57. The number of hydrogen-bond donors (Lipinski definition) is 1. The van der Waals surface area contributed by atoms with Crippen LogP contribution >= 0.6 is 0 Å². The van der Waals surface area contributed by atoms with E-state index in [1.807, 2.05) is 18.2 Å². The lowest BCUT2D eigenvalue weighted by Crippen LogP contribution is -2.12. The molecule has 4 nitrogen and oxygen atoms in total. The number of ether oxygens (including phenoxy) is 1. The zero-order valence-electron chi connectivity index (χ0n) is 9.38. The van der Waals surface area contributed by atoms with E-state index in [-0.39, 0.29) is 5.91 Å². The van der Waals surface area contributed by atoms with Gasteiger partial charge in [0.15, 0.2) is 0 Å². The lowest BCUT2D eigenvalue weighted by Gasteiger charge is -2.05. The Labute approximate surface area is 99.3 Å². The Morgan fingerprint density at radius 2 is 1.94 bits per heavy atom. The number of hydrogen-bond acceptors (Lipinski definition) is 3. The van der Waals surface area contributed by atoms with E-state index < -0.39 is 0 Å². The molecule has 0 radical (unpaired) electrons. The molecular formula is C13H12N2O2. The first-order chi connectivity index (χ1) is 8.29. The van der Waals surface area contributed by atoms with E-state index in [1.165, 1.54) is 0 Å². The van der Waals surface area contributed by atoms with E-state index in [9.17, 15) is 4.79 Å². The van der Waals surface area contributed by atoms with Crippen LogP contribution in [0.2, 0.25) is 0 Å². The highest BCUT2D eigenvalue weighted by molar-refractivity contribution is 6.03. The maximum Gasteiger partial charge on any atom is 0.256 e. The number of anilines is 1. The highest BCUT2D eigenvalue weighted by atomic mass is 16.5. The summed E-state index contributed by atoms with van der Waals surface area (Å²) >= 11 is 0. The number of methoxy groups -OCH3 is 1. The van der Waals surface area contributed by atoms with Gasteiger partial charge in [-0.3, -0.25) is 4.79 Å². The minimum absolute atomic E-state index is 0.178. The number of aromatic nitrogens is 1. The molecule has 0 spiro atoms. The Hall–Kier alpha value is -2.36. The molecule has 2 rings (SSSR count). The standard InChI is InChI=1S/C13H12N2O2/c1-17-11-7-8-12(14-9-11)15-13(16)10-5-3-2-4-6-10/h2-9H,1H3,(H,14,15,16). The molecule has 1 heterocycles. The number of carbonyl (C=O) groups excluding carboxylic acids is 1. The molecule has 1 amide bonds. The SMILES string of the molecule is COc1ccc(NC(=O)c2ccccc2)nc1. The number of pyridine rings is 1. The zero-order chi connectivity index (χ0) is 12.1. The van der Waals surface area contributed by atoms with E-state index in [1.54, 1.807) is 37.6 Å². The Morgan fingerprint density at radius 3 is 2.53 bits per heavy atom. The lowest BCUT2D eigenvalue weighted by molar-refractivity contribution is 0.102. The second-order valence-electron chi connectivity index (χ2n) is 3.40. The smallest absolute Gasteiger partial charge is 0.256 e. The molecule has 0 saturated heterocycles. The summed E-state index contributed by atoms with van der Waals surface area (Å²) in [5.41, 5.74) is 0.602. The van der Waals surface area contributed by atoms with Gasteiger partial charge in [-0.25, -0.2) is 4.98 Å². The van der Waals surface area contributed by atoms with Crippen LogP contribution in [0.3, 0.4) is 0 Å². The van der Waals surface area contributed by atoms with Crippen molar-refractivity contribution in [1.82, 2.24) is 4.98 Å². The van der Waals surface area contributed by atoms with Gasteiger partial charge < -0.3 is 10.1 Å². The van der Waals surface area contributed by atoms with Gasteiger partial charge in [-0.05, 0) is 24.3 Å². The van der Waals surface area contributed by atoms with Gasteiger partial charge in [0.05, 0.1) is 13.3 Å². The molecule has 0 fully saturated rings. The molecule has 86 valence electrons. The molecule has 4 heteroatoms. The second kappa shape index (κ2) is 5.12. The third-order valence-electron chi connectivity index (χ3n) is 2.25. The molecule has 0 unspecified atom stereocenters. The third kappa shape index (κ3) is 2.81. The molecule has 0 atom stereocenters. The van der Waals surface area contributed by atoms with Crippen LogP contribution in [0.25, 0.3) is 0 Å². The molecule has 1 aromatic heterocycles. The van der Waals surface area contributed by atoms with Crippen LogP contribution in [0.5, 0.6) is 5.75 Å². The normalized spacial score (nSPS) is 9.71. The first kappa shape index (κ1) is 11.1. The first-order valence-electron chi connectivity index (χ1n) is 5.16. The van der Waals surface area contributed by atoms with Crippen molar-refractivity contribution in [3.8, 4) is 5.75 Å². The highest BCUT2D eigenvalue weighted by Crippen LogP contribution is 2.12. The number of nitrogens with zero attached hydrogens (tertiary/aromatic N) is 1. The number of rotatable bonds is 3. The fraction of sp³-hybridized carbons (Fsp3) is 0.0769. The molecule has 0 saturated carbocycles. The maximum absolute atomic E-state index is 11.8. The van der Waals surface area contributed by atoms with E-state index in [0.717, 1.165) is 0 Å². The molecular weight excluding hydrogens is 216 g/mol. The van der Waals surface area contributed by atoms with Crippen molar-refractivity contribution in [3.63, 3.8) is 0 Å². The molecule has 1 N–H and O–H groups in total. The van der Waals surface area contributed by atoms with Crippen LogP contribution in [0.15, 0.2) is 48.7 Å². The van der Waals surface area contributed by atoms with Crippen molar-refractivity contribution in [2.45, 2.75) is 0 Å². The Kier molecular flexibility index (Phi) is 3.35. The number of nitrogens with one attached hydrogen (secondary N) is 1. The summed E-state index contributed by atoms with van der Waals surface area (Å²) in [6.07, 6.45) is 1.56. The Morgan fingerprint density at radius 1 is 1.18 bits per heavy atom. The fourth-order valence-corrected chi connectivity index (χ4v) is 1.35. The van der Waals surface area contributed by atoms with Crippen molar-refractivity contribution in [1.29, 1.82) is 0 Å². The summed E-state index contributed by atoms with van der Waals surface area (Å²) in [6.45, 7) is 0. The van der Waals surface area contributed by atoms with Gasteiger partial charge in [-0.2, -0.15) is 0 Å². The summed E-state index contributed by atoms with van der Waals surface area (Å²) < 4.78 is 4.98. The average molecular weight is 228 g/mol. The minimum atomic E-state index is -0.178. The molecule has 0 aliphatic rings. The predicted octanol–water partition coefficient (Wildman–Crippen LogP) is 2.34. The highest BCUT2D eigenvalue weighted by Gasteiger charge is 2.05. The molecule has 2 aromatic rings. The lowest BCUT2D eigenvalue weighted by atomic mass is 10.2. The van der Waals surface area contributed by atoms with Gasteiger partial charge in [0, 0.05) is 5.56 Å². The molecule has 0 bridgehead atoms. The van der Waals surface area contributed by atoms with Crippen LogP contribution < -0.4 is 10.1 Å². The van der Waals surface area contributed by atoms with Crippen LogP contribution in [0.4, 0.5) is 5.82 Å². The van der Waals surface area contributed by atoms with Gasteiger partial charge in [-0.1, -0.05) is 18.2 Å². The zero-order valence-corrected chi connectivity index (χ0v) is 9.38. The van der Waals surface area contributed by atoms with Gasteiger partial charge in [-0.15, -0.1) is 0 Å². The Balaban J connectivity index is 2.08. The van der Waals surface area contributed by atoms with Crippen molar-refractivity contribution < 1.29 is 9.53 Å². The van der Waals surface area contributed by atoms with E-state index in [2.05, 4.69) is 10.3 Å². The van der Waals surface area contributed by atoms with E-state index in [4.69, 9.17) is 4.74 Å². The summed E-state index contributed by atoms with van der Waals surface area (Å²) in [5.74, 6) is 0.977. The summed E-state index contributed by atoms with van der Waals surface area (Å²) in [5, 5.41) is 2.70. The first-order valence-corrected chi connectivity index (χ1v) is 5.16. The van der Waals surface area contributed by atoms with Crippen LogP contribution in [-0.2, 0) is 0 Å². The molecule has 1 aromatic carbocycles. The molecule has 0 aliphatic heterocycles. The second-order valence-corrected chi connectivity index (χ2v) is 3.40. The van der Waals surface area contributed by atoms with Crippen molar-refractivity contribution >= 4 is 11.7 Å². The summed E-state index contributed by atoms with van der Waals surface area (Å²) in [6, 6.07) is 12.4. The number of benzene rings is 1. The van der Waals surface area contributed by atoms with Gasteiger partial charge in [0.25, 0.3) is 5.91 Å². The summed E-state index contributed by atoms with van der Waals surface area (Å²) in [4.78, 5) is 15.8. The van der Waals surface area contributed by atoms with Gasteiger partial charge in [0.2, 0.25) is 0 Å². The van der Waals surface area contributed by atoms with Crippen molar-refractivity contribution in [3.05, 3.63) is 54.2 Å². The quantitative estimate of drug-likeness (QED) is 0.877. The van der Waals surface area contributed by atoms with Gasteiger partial charge in [0.1, 0.15) is 11.6 Å². The molecule has 17 heavy (non-hydrogen) atoms. The minimum Gasteiger partial charge on any atom is -0.495 e. The maximum atomic E-state index is 11.8. The Bertz CT molecular complexity index is 495. The van der Waals surface area contributed by atoms with E-state index >= 15 is 0 Å². The van der Waals surface area contributed by atoms with Crippen LogP contribution in [0, 0.1) is 0 Å². The number of amides is 1. The predicted molar refractivity (Wildman–Crippen MR) is 65.2 cm³/mol. The van der Waals surface area contributed by atoms with Gasteiger partial charge >= 0.3 is 0 Å². The monoisotopic (exact) mass is 228 g/mol. The largest absolute Gasteiger partial charge is 0.495 e. The van der Waals surface area contributed by atoms with Crippen LogP contribution in [-0.4, -0.2) is 18.0 Å². The fourth-order valence-electron chi connectivity index (χ4n) is 1.35. The van der Waals surface area contributed by atoms with Crippen LogP contribution in [0.1, 0.15) is 10.4 Å². The topological polar surface area (TPSA) is 51.2 Å². The van der Waals surface area contributed by atoms with Crippen molar-refractivity contribution in [2.24, 2.45) is 0 Å².